The van der Waals surface area contributed by atoms with Gasteiger partial charge < -0.3 is 10.1 Å². The Balaban J connectivity index is 2.58. The van der Waals surface area contributed by atoms with Gasteiger partial charge in [-0.2, -0.15) is 12.7 Å². The van der Waals surface area contributed by atoms with E-state index in [9.17, 15) is 13.2 Å². The van der Waals surface area contributed by atoms with E-state index in [1.807, 2.05) is 11.8 Å². The number of ether oxygens (including phenoxy) is 1. The maximum absolute atomic E-state index is 12.0. The fourth-order valence-electron chi connectivity index (χ4n) is 2.11. The minimum atomic E-state index is -3.80. The molecular formula is C11H23N3O4S. The van der Waals surface area contributed by atoms with Crippen molar-refractivity contribution in [1.29, 1.82) is 0 Å². The number of carbonyl (C=O) groups excluding carboxylic acids is 1. The summed E-state index contributed by atoms with van der Waals surface area (Å²) >= 11 is 0. The first kappa shape index (κ1) is 16.2. The third-order valence-corrected chi connectivity index (χ3v) is 4.31. The van der Waals surface area contributed by atoms with Crippen LogP contribution in [0.4, 0.5) is 4.79 Å². The molecule has 0 spiro atoms. The summed E-state index contributed by atoms with van der Waals surface area (Å²) in [5.41, 5.74) is 0. The first-order chi connectivity index (χ1) is 8.85. The van der Waals surface area contributed by atoms with Gasteiger partial charge in [0.05, 0.1) is 6.10 Å². The summed E-state index contributed by atoms with van der Waals surface area (Å²) in [4.78, 5) is 11.4. The van der Waals surface area contributed by atoms with E-state index in [0.29, 0.717) is 13.1 Å². The molecule has 0 aromatic heterocycles. The van der Waals surface area contributed by atoms with E-state index in [4.69, 9.17) is 4.74 Å². The molecule has 0 saturated carbocycles. The smallest absolute Gasteiger partial charge is 0.422 e. The molecule has 7 nitrogen and oxygen atoms in total. The minimum Gasteiger partial charge on any atom is -0.446 e. The van der Waals surface area contributed by atoms with Crippen LogP contribution in [0.25, 0.3) is 0 Å². The molecule has 1 saturated heterocycles. The van der Waals surface area contributed by atoms with Gasteiger partial charge in [-0.3, -0.25) is 0 Å². The zero-order valence-electron chi connectivity index (χ0n) is 11.7. The van der Waals surface area contributed by atoms with Gasteiger partial charge in [-0.15, -0.1) is 0 Å². The Labute approximate surface area is 114 Å². The third-order valence-electron chi connectivity index (χ3n) is 2.87. The highest BCUT2D eigenvalue weighted by atomic mass is 32.2. The maximum atomic E-state index is 12.0. The molecule has 1 unspecified atom stereocenters. The number of carbonyl (C=O) groups is 1. The van der Waals surface area contributed by atoms with Crippen molar-refractivity contribution in [1.82, 2.24) is 14.3 Å². The molecule has 1 rings (SSSR count). The van der Waals surface area contributed by atoms with Gasteiger partial charge in [-0.25, -0.2) is 9.52 Å². The summed E-state index contributed by atoms with van der Waals surface area (Å²) in [5.74, 6) is 0.274. The molecule has 2 N–H and O–H groups in total. The standard InChI is InChI=1S/C11H23N3O4S/c1-9(2)18-11(15)13-19(16,17)14-6-4-5-10(8-14)7-12-3/h9-10,12H,4-8H2,1-3H3,(H,13,15). The lowest BCUT2D eigenvalue weighted by Gasteiger charge is -2.31. The second-order valence-electron chi connectivity index (χ2n) is 4.99. The second-order valence-corrected chi connectivity index (χ2v) is 6.66. The van der Waals surface area contributed by atoms with E-state index >= 15 is 0 Å². The Hall–Kier alpha value is -0.860. The zero-order valence-corrected chi connectivity index (χ0v) is 12.5. The number of piperidine rings is 1. The monoisotopic (exact) mass is 293 g/mol. The number of amides is 1. The summed E-state index contributed by atoms with van der Waals surface area (Å²) < 4.78 is 32.1. The van der Waals surface area contributed by atoms with E-state index in [2.05, 4.69) is 5.32 Å². The molecule has 0 aliphatic carbocycles. The summed E-state index contributed by atoms with van der Waals surface area (Å²) in [6.45, 7) is 4.95. The predicted octanol–water partition coefficient (Wildman–Crippen LogP) is 0.297. The molecule has 19 heavy (non-hydrogen) atoms. The Morgan fingerprint density at radius 2 is 2.16 bits per heavy atom. The molecule has 112 valence electrons. The molecule has 1 aliphatic rings. The molecule has 1 atom stereocenters. The van der Waals surface area contributed by atoms with Crippen LogP contribution in [0, 0.1) is 5.92 Å². The fraction of sp³-hybridized carbons (Fsp3) is 0.909. The van der Waals surface area contributed by atoms with Crippen LogP contribution in [0.3, 0.4) is 0 Å². The largest absolute Gasteiger partial charge is 0.446 e. The Morgan fingerprint density at radius 1 is 1.47 bits per heavy atom. The quantitative estimate of drug-likeness (QED) is 0.761. The fourth-order valence-corrected chi connectivity index (χ4v) is 3.27. The van der Waals surface area contributed by atoms with E-state index in [1.165, 1.54) is 4.31 Å². The summed E-state index contributed by atoms with van der Waals surface area (Å²) in [6, 6.07) is 0. The highest BCUT2D eigenvalue weighted by molar-refractivity contribution is 7.87. The van der Waals surface area contributed by atoms with Gasteiger partial charge >= 0.3 is 16.3 Å². The number of hydrogen-bond acceptors (Lipinski definition) is 5. The highest BCUT2D eigenvalue weighted by Crippen LogP contribution is 2.17. The third kappa shape index (κ3) is 5.33. The SMILES string of the molecule is CNCC1CCCN(S(=O)(=O)NC(=O)OC(C)C)C1. The molecule has 0 aromatic rings. The predicted molar refractivity (Wildman–Crippen MR) is 71.9 cm³/mol. The van der Waals surface area contributed by atoms with Gasteiger partial charge in [0.25, 0.3) is 0 Å². The van der Waals surface area contributed by atoms with E-state index in [1.54, 1.807) is 13.8 Å². The normalized spacial score (nSPS) is 21.4. The van der Waals surface area contributed by atoms with Crippen molar-refractivity contribution in [2.75, 3.05) is 26.7 Å². The van der Waals surface area contributed by atoms with Crippen LogP contribution in [-0.4, -0.2) is 51.6 Å². The lowest BCUT2D eigenvalue weighted by atomic mass is 10.00. The number of nitrogens with one attached hydrogen (secondary N) is 2. The Bertz CT molecular complexity index is 395. The van der Waals surface area contributed by atoms with Crippen molar-refractivity contribution in [3.63, 3.8) is 0 Å². The van der Waals surface area contributed by atoms with Crippen molar-refractivity contribution in [3.05, 3.63) is 0 Å². The van der Waals surface area contributed by atoms with Gasteiger partial charge in [-0.05, 0) is 46.2 Å². The van der Waals surface area contributed by atoms with Crippen molar-refractivity contribution in [2.24, 2.45) is 5.92 Å². The summed E-state index contributed by atoms with van der Waals surface area (Å²) in [6.07, 6.45) is 0.509. The zero-order chi connectivity index (χ0) is 14.5. The Morgan fingerprint density at radius 3 is 2.74 bits per heavy atom. The number of nitrogens with zero attached hydrogens (tertiary/aromatic N) is 1. The van der Waals surface area contributed by atoms with Crippen LogP contribution in [-0.2, 0) is 14.9 Å². The lowest BCUT2D eigenvalue weighted by Crippen LogP contribution is -2.49. The summed E-state index contributed by atoms with van der Waals surface area (Å²) in [7, 11) is -1.96. The molecule has 1 amide bonds. The van der Waals surface area contributed by atoms with Crippen molar-refractivity contribution < 1.29 is 17.9 Å². The first-order valence-corrected chi connectivity index (χ1v) is 7.92. The van der Waals surface area contributed by atoms with Crippen LogP contribution in [0.5, 0.6) is 0 Å². The van der Waals surface area contributed by atoms with Crippen molar-refractivity contribution in [2.45, 2.75) is 32.8 Å². The van der Waals surface area contributed by atoms with Crippen LogP contribution in [0.1, 0.15) is 26.7 Å². The number of hydrogen-bond donors (Lipinski definition) is 2. The summed E-state index contributed by atoms with van der Waals surface area (Å²) in [5, 5.41) is 3.04. The van der Waals surface area contributed by atoms with E-state index in [0.717, 1.165) is 19.4 Å². The molecule has 1 fully saturated rings. The van der Waals surface area contributed by atoms with E-state index < -0.39 is 16.3 Å². The molecular weight excluding hydrogens is 270 g/mol. The van der Waals surface area contributed by atoms with Crippen molar-refractivity contribution in [3.8, 4) is 0 Å². The van der Waals surface area contributed by atoms with Crippen molar-refractivity contribution >= 4 is 16.3 Å². The average Bonchev–Trinajstić information content (AvgIpc) is 2.27. The highest BCUT2D eigenvalue weighted by Gasteiger charge is 2.30. The molecule has 1 aliphatic heterocycles. The van der Waals surface area contributed by atoms with Gasteiger partial charge in [0, 0.05) is 13.1 Å². The number of rotatable bonds is 5. The van der Waals surface area contributed by atoms with Gasteiger partial charge in [0.1, 0.15) is 0 Å². The minimum absolute atomic E-state index is 0.274. The Kier molecular flexibility index (Phi) is 6.02. The topological polar surface area (TPSA) is 87.7 Å². The van der Waals surface area contributed by atoms with Gasteiger partial charge in [0.15, 0.2) is 0 Å². The lowest BCUT2D eigenvalue weighted by molar-refractivity contribution is 0.120. The van der Waals surface area contributed by atoms with Crippen LogP contribution in [0.2, 0.25) is 0 Å². The maximum Gasteiger partial charge on any atom is 0.422 e. The van der Waals surface area contributed by atoms with Crippen LogP contribution < -0.4 is 10.0 Å². The second kappa shape index (κ2) is 7.06. The van der Waals surface area contributed by atoms with Crippen LogP contribution in [0.15, 0.2) is 0 Å². The van der Waals surface area contributed by atoms with Crippen LogP contribution >= 0.6 is 0 Å². The molecule has 1 heterocycles. The molecule has 0 aromatic carbocycles. The van der Waals surface area contributed by atoms with Gasteiger partial charge in [0.2, 0.25) is 0 Å². The molecule has 0 bridgehead atoms. The van der Waals surface area contributed by atoms with Gasteiger partial charge in [-0.1, -0.05) is 0 Å². The molecule has 8 heteroatoms. The first-order valence-electron chi connectivity index (χ1n) is 6.48. The van der Waals surface area contributed by atoms with E-state index in [-0.39, 0.29) is 12.0 Å². The molecule has 0 radical (unpaired) electrons. The average molecular weight is 293 g/mol.